The highest BCUT2D eigenvalue weighted by molar-refractivity contribution is 7.71. The molecular formula is C23H20F3N5O2S. The van der Waals surface area contributed by atoms with Gasteiger partial charge in [0.15, 0.2) is 0 Å². The van der Waals surface area contributed by atoms with E-state index in [2.05, 4.69) is 10.3 Å². The lowest BCUT2D eigenvalue weighted by Crippen LogP contribution is -2.50. The van der Waals surface area contributed by atoms with E-state index in [1.165, 1.54) is 10.6 Å². The van der Waals surface area contributed by atoms with Gasteiger partial charge in [0.25, 0.3) is 5.91 Å². The van der Waals surface area contributed by atoms with Crippen molar-refractivity contribution in [3.63, 3.8) is 0 Å². The third-order valence-corrected chi connectivity index (χ3v) is 6.44. The number of halogens is 3. The van der Waals surface area contributed by atoms with Crippen LogP contribution in [-0.4, -0.2) is 58.5 Å². The fraction of sp³-hybridized carbons (Fsp3) is 0.304. The van der Waals surface area contributed by atoms with Crippen molar-refractivity contribution in [2.75, 3.05) is 36.4 Å². The van der Waals surface area contributed by atoms with Crippen LogP contribution in [0.25, 0.3) is 10.9 Å². The first-order valence-corrected chi connectivity index (χ1v) is 11.2. The predicted molar refractivity (Wildman–Crippen MR) is 123 cm³/mol. The maximum Gasteiger partial charge on any atom is 0.416 e. The molecule has 176 valence electrons. The van der Waals surface area contributed by atoms with Crippen LogP contribution in [0.1, 0.15) is 16.8 Å². The van der Waals surface area contributed by atoms with E-state index in [4.69, 9.17) is 12.2 Å². The summed E-state index contributed by atoms with van der Waals surface area (Å²) in [5.41, 5.74) is 0.435. The molecule has 1 fully saturated rings. The van der Waals surface area contributed by atoms with Crippen LogP contribution in [0.5, 0.6) is 0 Å². The molecule has 7 nitrogen and oxygen atoms in total. The van der Waals surface area contributed by atoms with Gasteiger partial charge in [0.1, 0.15) is 11.9 Å². The van der Waals surface area contributed by atoms with Crippen molar-refractivity contribution in [3.8, 4) is 0 Å². The van der Waals surface area contributed by atoms with Crippen LogP contribution in [0.15, 0.2) is 48.5 Å². The Kier molecular flexibility index (Phi) is 5.51. The first kappa shape index (κ1) is 22.3. The number of fused-ring (bicyclic) bond motifs is 3. The molecule has 0 aliphatic carbocycles. The van der Waals surface area contributed by atoms with Crippen molar-refractivity contribution < 1.29 is 22.8 Å². The summed E-state index contributed by atoms with van der Waals surface area (Å²) in [6.45, 7) is 1.51. The Morgan fingerprint density at radius 1 is 1.09 bits per heavy atom. The van der Waals surface area contributed by atoms with Gasteiger partial charge in [0.2, 0.25) is 10.7 Å². The summed E-state index contributed by atoms with van der Waals surface area (Å²) in [6.07, 6.45) is -4.46. The number of nitrogens with zero attached hydrogens (tertiary/aromatic N) is 4. The number of carbonyl (C=O) groups is 2. The Labute approximate surface area is 197 Å². The van der Waals surface area contributed by atoms with Crippen molar-refractivity contribution in [1.29, 1.82) is 0 Å². The number of nitrogens with one attached hydrogen (secondary N) is 1. The van der Waals surface area contributed by atoms with Gasteiger partial charge in [-0.1, -0.05) is 18.2 Å². The number of carbonyl (C=O) groups excluding carboxylic acids is 2. The van der Waals surface area contributed by atoms with Crippen LogP contribution in [0.2, 0.25) is 0 Å². The highest BCUT2D eigenvalue weighted by Crippen LogP contribution is 2.32. The van der Waals surface area contributed by atoms with Crippen molar-refractivity contribution >= 4 is 46.4 Å². The molecule has 2 aromatic carbocycles. The zero-order valence-electron chi connectivity index (χ0n) is 17.9. The van der Waals surface area contributed by atoms with Crippen LogP contribution >= 0.6 is 12.2 Å². The monoisotopic (exact) mass is 487 g/mol. The van der Waals surface area contributed by atoms with E-state index in [0.717, 1.165) is 17.5 Å². The summed E-state index contributed by atoms with van der Waals surface area (Å²) < 4.78 is 40.5. The van der Waals surface area contributed by atoms with Gasteiger partial charge in [0, 0.05) is 37.3 Å². The molecule has 2 aliphatic heterocycles. The van der Waals surface area contributed by atoms with Gasteiger partial charge in [-0.05, 0) is 42.5 Å². The van der Waals surface area contributed by atoms with Gasteiger partial charge < -0.3 is 15.1 Å². The van der Waals surface area contributed by atoms with Gasteiger partial charge in [-0.2, -0.15) is 13.2 Å². The summed E-state index contributed by atoms with van der Waals surface area (Å²) >= 11 is 5.29. The van der Waals surface area contributed by atoms with Crippen LogP contribution < -0.4 is 10.2 Å². The number of rotatable bonds is 3. The molecular weight excluding hydrogens is 467 g/mol. The third kappa shape index (κ3) is 4.00. The molecule has 0 bridgehead atoms. The molecule has 1 saturated heterocycles. The lowest BCUT2D eigenvalue weighted by molar-refractivity contribution is -0.137. The number of amides is 1. The Hall–Kier alpha value is -3.47. The number of hydrogen-bond acceptors (Lipinski definition) is 6. The third-order valence-electron chi connectivity index (χ3n) is 6.17. The number of piperazine rings is 1. The Balaban J connectivity index is 1.25. The van der Waals surface area contributed by atoms with Crippen LogP contribution in [0, 0.1) is 4.77 Å². The Morgan fingerprint density at radius 3 is 2.56 bits per heavy atom. The number of hydrogen-bond donors (Lipinski definition) is 1. The van der Waals surface area contributed by atoms with Crippen molar-refractivity contribution in [2.45, 2.75) is 18.6 Å². The average Bonchev–Trinajstić information content (AvgIpc) is 3.15. The minimum Gasteiger partial charge on any atom is -0.368 e. The number of alkyl halides is 3. The standard InChI is InChI=1S/C23H20F3N5O2S/c24-23(25,26)14-4-3-5-15(12-14)29-8-10-30(11-9-29)19(32)13-18-21(33)31-20(27-18)16-6-1-2-7-17(16)28-22(31)34/h1-7,12,18,27H,8-11,13H2. The maximum atomic E-state index is 13.0. The molecule has 34 heavy (non-hydrogen) atoms. The number of benzene rings is 2. The van der Waals surface area contributed by atoms with Crippen molar-refractivity contribution in [1.82, 2.24) is 14.5 Å². The minimum absolute atomic E-state index is 0.0484. The first-order chi connectivity index (χ1) is 16.2. The minimum atomic E-state index is -4.41. The predicted octanol–water partition coefficient (Wildman–Crippen LogP) is 3.96. The Morgan fingerprint density at radius 2 is 1.82 bits per heavy atom. The van der Waals surface area contributed by atoms with Crippen LogP contribution in [0.4, 0.5) is 24.7 Å². The zero-order valence-corrected chi connectivity index (χ0v) is 18.7. The average molecular weight is 488 g/mol. The lowest BCUT2D eigenvalue weighted by atomic mass is 10.1. The molecule has 0 saturated carbocycles. The second-order valence-corrected chi connectivity index (χ2v) is 8.62. The van der Waals surface area contributed by atoms with E-state index in [9.17, 15) is 22.8 Å². The van der Waals surface area contributed by atoms with Gasteiger partial charge in [-0.15, -0.1) is 0 Å². The second kappa shape index (κ2) is 8.39. The molecule has 0 radical (unpaired) electrons. The summed E-state index contributed by atoms with van der Waals surface area (Å²) in [5, 5.41) is 3.88. The van der Waals surface area contributed by atoms with E-state index in [1.807, 2.05) is 23.1 Å². The number of aromatic nitrogens is 2. The fourth-order valence-corrected chi connectivity index (χ4v) is 4.68. The quantitative estimate of drug-likeness (QED) is 0.564. The van der Waals surface area contributed by atoms with Crippen molar-refractivity contribution in [2.24, 2.45) is 0 Å². The highest BCUT2D eigenvalue weighted by atomic mass is 32.1. The van der Waals surface area contributed by atoms with E-state index in [1.54, 1.807) is 17.0 Å². The summed E-state index contributed by atoms with van der Waals surface area (Å²) in [5.74, 6) is 0.00750. The largest absolute Gasteiger partial charge is 0.416 e. The smallest absolute Gasteiger partial charge is 0.368 e. The molecule has 2 aliphatic rings. The number of anilines is 2. The number of para-hydroxylation sites is 1. The molecule has 3 heterocycles. The molecule has 5 rings (SSSR count). The lowest BCUT2D eigenvalue weighted by Gasteiger charge is -2.36. The SMILES string of the molecule is O=C(CC1Nc2c3ccccc3nc(=S)n2C1=O)N1CCN(c2cccc(C(F)(F)F)c2)CC1. The zero-order chi connectivity index (χ0) is 24.0. The van der Waals surface area contributed by atoms with E-state index >= 15 is 0 Å². The van der Waals surface area contributed by atoms with E-state index < -0.39 is 17.8 Å². The maximum absolute atomic E-state index is 13.0. The molecule has 3 aromatic rings. The van der Waals surface area contributed by atoms with E-state index in [-0.39, 0.29) is 23.0 Å². The highest BCUT2D eigenvalue weighted by Gasteiger charge is 2.35. The summed E-state index contributed by atoms with van der Waals surface area (Å²) in [6, 6.07) is 11.7. The molecule has 11 heteroatoms. The van der Waals surface area contributed by atoms with E-state index in [0.29, 0.717) is 43.2 Å². The normalized spacial score (nSPS) is 18.2. The Bertz CT molecular complexity index is 1350. The van der Waals surface area contributed by atoms with Crippen molar-refractivity contribution in [3.05, 3.63) is 58.9 Å². The molecule has 1 aromatic heterocycles. The van der Waals surface area contributed by atoms with Gasteiger partial charge in [0.05, 0.1) is 17.5 Å². The topological polar surface area (TPSA) is 70.5 Å². The second-order valence-electron chi connectivity index (χ2n) is 8.25. The molecule has 1 unspecified atom stereocenters. The first-order valence-electron chi connectivity index (χ1n) is 10.7. The van der Waals surface area contributed by atoms with Gasteiger partial charge in [-0.3, -0.25) is 9.59 Å². The van der Waals surface area contributed by atoms with Crippen LogP contribution in [-0.2, 0) is 11.0 Å². The fourth-order valence-electron chi connectivity index (χ4n) is 4.40. The van der Waals surface area contributed by atoms with Gasteiger partial charge >= 0.3 is 6.18 Å². The molecule has 1 atom stereocenters. The summed E-state index contributed by atoms with van der Waals surface area (Å²) in [4.78, 5) is 33.7. The molecule has 0 spiro atoms. The summed E-state index contributed by atoms with van der Waals surface area (Å²) in [7, 11) is 0. The van der Waals surface area contributed by atoms with Gasteiger partial charge in [-0.25, -0.2) is 9.55 Å². The van der Waals surface area contributed by atoms with Crippen LogP contribution in [0.3, 0.4) is 0 Å². The molecule has 1 amide bonds. The molecule has 1 N–H and O–H groups in total.